The second-order valence-electron chi connectivity index (χ2n) is 10.8. The van der Waals surface area contributed by atoms with Crippen LogP contribution in [0.3, 0.4) is 0 Å². The normalized spacial score (nSPS) is 13.7. The molecule has 0 atom stereocenters. The highest BCUT2D eigenvalue weighted by molar-refractivity contribution is 6.21. The molecule has 39 heavy (non-hydrogen) atoms. The predicted octanol–water partition coefficient (Wildman–Crippen LogP) is 6.62. The van der Waals surface area contributed by atoms with Gasteiger partial charge in [-0.1, -0.05) is 44.4 Å². The quantitative estimate of drug-likeness (QED) is 0.168. The van der Waals surface area contributed by atoms with Gasteiger partial charge in [0.1, 0.15) is 5.82 Å². The number of anilines is 3. The van der Waals surface area contributed by atoms with Gasteiger partial charge in [0, 0.05) is 49.5 Å². The average molecular weight is 525 g/mol. The molecule has 1 aliphatic heterocycles. The van der Waals surface area contributed by atoms with Crippen LogP contribution in [0.4, 0.5) is 17.1 Å². The van der Waals surface area contributed by atoms with Crippen molar-refractivity contribution in [3.8, 4) is 0 Å². The van der Waals surface area contributed by atoms with Crippen LogP contribution < -0.4 is 16.0 Å². The summed E-state index contributed by atoms with van der Waals surface area (Å²) >= 11 is 0. The summed E-state index contributed by atoms with van der Waals surface area (Å²) in [6.07, 6.45) is 7.47. The molecule has 2 aromatic carbocycles. The van der Waals surface area contributed by atoms with E-state index >= 15 is 0 Å². The molecular formula is C33H44N6. The first-order chi connectivity index (χ1) is 18.6. The fraction of sp³-hybridized carbons (Fsp3) is 0.364. The van der Waals surface area contributed by atoms with E-state index in [-0.39, 0.29) is 0 Å². The molecule has 0 saturated carbocycles. The Balaban J connectivity index is 1.72. The Hall–Kier alpha value is -3.77. The number of aryl methyl sites for hydroxylation is 3. The van der Waals surface area contributed by atoms with Crippen LogP contribution in [-0.2, 0) is 19.4 Å². The van der Waals surface area contributed by atoms with Gasteiger partial charge >= 0.3 is 0 Å². The van der Waals surface area contributed by atoms with Gasteiger partial charge in [-0.15, -0.1) is 0 Å². The van der Waals surface area contributed by atoms with Crippen molar-refractivity contribution in [1.82, 2.24) is 9.47 Å². The van der Waals surface area contributed by atoms with Crippen LogP contribution >= 0.6 is 0 Å². The lowest BCUT2D eigenvalue weighted by molar-refractivity contribution is 0.416. The van der Waals surface area contributed by atoms with Crippen molar-refractivity contribution < 1.29 is 0 Å². The molecule has 6 heteroatoms. The Morgan fingerprint density at radius 1 is 1.18 bits per heavy atom. The Morgan fingerprint density at radius 3 is 2.62 bits per heavy atom. The van der Waals surface area contributed by atoms with Crippen LogP contribution in [0.2, 0.25) is 0 Å². The number of para-hydroxylation sites is 1. The molecule has 3 aromatic rings. The number of hydrogen-bond acceptors (Lipinski definition) is 5. The van der Waals surface area contributed by atoms with E-state index in [4.69, 9.17) is 10.7 Å². The van der Waals surface area contributed by atoms with Gasteiger partial charge in [-0.3, -0.25) is 0 Å². The number of rotatable bonds is 11. The van der Waals surface area contributed by atoms with Gasteiger partial charge in [0.25, 0.3) is 0 Å². The zero-order valence-electron chi connectivity index (χ0n) is 24.6. The third-order valence-corrected chi connectivity index (χ3v) is 7.54. The first-order valence-corrected chi connectivity index (χ1v) is 13.9. The van der Waals surface area contributed by atoms with Crippen molar-refractivity contribution >= 4 is 33.7 Å². The highest BCUT2D eigenvalue weighted by Gasteiger charge is 2.21. The lowest BCUT2D eigenvalue weighted by atomic mass is 9.95. The fourth-order valence-corrected chi connectivity index (χ4v) is 5.47. The van der Waals surface area contributed by atoms with Crippen molar-refractivity contribution in [1.29, 1.82) is 0 Å². The predicted molar refractivity (Wildman–Crippen MR) is 170 cm³/mol. The lowest BCUT2D eigenvalue weighted by Crippen LogP contribution is -2.29. The van der Waals surface area contributed by atoms with Gasteiger partial charge in [0.2, 0.25) is 0 Å². The molecule has 1 aromatic heterocycles. The van der Waals surface area contributed by atoms with Crippen molar-refractivity contribution in [3.05, 3.63) is 89.4 Å². The second kappa shape index (κ2) is 12.0. The number of nitrogens with one attached hydrogen (secondary N) is 1. The molecule has 0 unspecified atom stereocenters. The lowest BCUT2D eigenvalue weighted by Gasteiger charge is -2.25. The Bertz CT molecular complexity index is 1450. The van der Waals surface area contributed by atoms with E-state index < -0.39 is 0 Å². The molecule has 0 amide bonds. The van der Waals surface area contributed by atoms with E-state index in [2.05, 4.69) is 97.4 Å². The number of allylic oxidation sites excluding steroid dienone is 3. The van der Waals surface area contributed by atoms with E-state index in [1.807, 2.05) is 19.9 Å². The highest BCUT2D eigenvalue weighted by Crippen LogP contribution is 2.34. The third-order valence-electron chi connectivity index (χ3n) is 7.54. The van der Waals surface area contributed by atoms with E-state index in [9.17, 15) is 0 Å². The molecule has 206 valence electrons. The molecule has 0 bridgehead atoms. The number of aliphatic imine (C=N–C) groups is 1. The summed E-state index contributed by atoms with van der Waals surface area (Å²) in [5.74, 6) is 0.570. The average Bonchev–Trinajstić information content (AvgIpc) is 3.27. The minimum atomic E-state index is 0.570. The largest absolute Gasteiger partial charge is 0.397 e. The smallest absolute Gasteiger partial charge is 0.123 e. The Morgan fingerprint density at radius 2 is 1.95 bits per heavy atom. The number of hydrogen-bond donors (Lipinski definition) is 2. The van der Waals surface area contributed by atoms with Crippen LogP contribution in [0.15, 0.2) is 77.7 Å². The SMILES string of the molecule is C=C(/N=C(\C(=C/C)C(=C)C)c1cn2c3c(cccc13)CCC2)Nc1cc(N)c(N(C)CCN(C)C)cc1CC. The van der Waals surface area contributed by atoms with E-state index in [1.165, 1.54) is 22.0 Å². The molecule has 2 heterocycles. The summed E-state index contributed by atoms with van der Waals surface area (Å²) in [7, 11) is 6.26. The third kappa shape index (κ3) is 5.96. The number of nitrogen functional groups attached to an aromatic ring is 1. The Kier molecular flexibility index (Phi) is 8.66. The summed E-state index contributed by atoms with van der Waals surface area (Å²) in [6.45, 7) is 17.7. The summed E-state index contributed by atoms with van der Waals surface area (Å²) in [4.78, 5) is 9.50. The van der Waals surface area contributed by atoms with Gasteiger partial charge in [0.05, 0.1) is 22.6 Å². The summed E-state index contributed by atoms with van der Waals surface area (Å²) < 4.78 is 2.38. The van der Waals surface area contributed by atoms with Crippen molar-refractivity contribution in [3.63, 3.8) is 0 Å². The molecule has 1 aliphatic rings. The first-order valence-electron chi connectivity index (χ1n) is 13.9. The monoisotopic (exact) mass is 524 g/mol. The molecule has 3 N–H and O–H groups in total. The minimum Gasteiger partial charge on any atom is -0.397 e. The zero-order valence-corrected chi connectivity index (χ0v) is 24.6. The van der Waals surface area contributed by atoms with Gasteiger partial charge < -0.3 is 25.4 Å². The summed E-state index contributed by atoms with van der Waals surface area (Å²) in [6, 6.07) is 10.8. The maximum absolute atomic E-state index is 6.55. The van der Waals surface area contributed by atoms with E-state index in [0.717, 1.165) is 78.4 Å². The molecule has 6 nitrogen and oxygen atoms in total. The first kappa shape index (κ1) is 28.2. The fourth-order valence-electron chi connectivity index (χ4n) is 5.47. The molecule has 0 fully saturated rings. The van der Waals surface area contributed by atoms with Crippen LogP contribution in [0.1, 0.15) is 43.9 Å². The number of benzene rings is 2. The van der Waals surface area contributed by atoms with Gasteiger partial charge in [-0.05, 0) is 81.6 Å². The molecule has 0 saturated heterocycles. The molecule has 0 radical (unpaired) electrons. The topological polar surface area (TPSA) is 61.8 Å². The Labute approximate surface area is 234 Å². The van der Waals surface area contributed by atoms with Gasteiger partial charge in [-0.2, -0.15) is 0 Å². The van der Waals surface area contributed by atoms with Gasteiger partial charge in [-0.25, -0.2) is 4.99 Å². The van der Waals surface area contributed by atoms with Crippen molar-refractivity contribution in [2.24, 2.45) is 4.99 Å². The van der Waals surface area contributed by atoms with Crippen LogP contribution in [0.25, 0.3) is 10.9 Å². The zero-order chi connectivity index (χ0) is 28.3. The number of aromatic nitrogens is 1. The van der Waals surface area contributed by atoms with E-state index in [0.29, 0.717) is 5.82 Å². The van der Waals surface area contributed by atoms with Crippen LogP contribution in [0, 0.1) is 0 Å². The number of nitrogens with two attached hydrogens (primary N) is 1. The van der Waals surface area contributed by atoms with Crippen LogP contribution in [0.5, 0.6) is 0 Å². The number of nitrogens with zero attached hydrogens (tertiary/aromatic N) is 4. The van der Waals surface area contributed by atoms with Crippen LogP contribution in [-0.4, -0.2) is 49.4 Å². The minimum absolute atomic E-state index is 0.570. The number of likely N-dealkylation sites (N-methyl/N-ethyl adjacent to an activating group) is 2. The van der Waals surface area contributed by atoms with Gasteiger partial charge in [0.15, 0.2) is 0 Å². The van der Waals surface area contributed by atoms with E-state index in [1.54, 1.807) is 0 Å². The summed E-state index contributed by atoms with van der Waals surface area (Å²) in [5.41, 5.74) is 17.1. The van der Waals surface area contributed by atoms with Crippen molar-refractivity contribution in [2.45, 2.75) is 46.6 Å². The standard InChI is InChI=1S/C33H44N6/c1-9-24-19-31(38(8)18-17-37(6)7)29(34)20-30(24)35-23(5)36-32(26(10-2)22(3)4)28-21-39-16-12-14-25-13-11-15-27(28)33(25)39/h10-11,13,15,19-21,35H,3,5,9,12,14,16-18,34H2,1-2,4,6-8H3/b26-10-,36-32+. The second-order valence-corrected chi connectivity index (χ2v) is 10.8. The molecule has 4 rings (SSSR count). The highest BCUT2D eigenvalue weighted by atomic mass is 15.2. The van der Waals surface area contributed by atoms with Crippen molar-refractivity contribution in [2.75, 3.05) is 50.2 Å². The maximum atomic E-state index is 6.55. The maximum Gasteiger partial charge on any atom is 0.123 e. The molecular weight excluding hydrogens is 480 g/mol. The molecule has 0 spiro atoms. The molecule has 0 aliphatic carbocycles. The summed E-state index contributed by atoms with van der Waals surface area (Å²) in [5, 5.41) is 4.70.